The molecule has 1 atom stereocenters. The number of anilines is 1. The summed E-state index contributed by atoms with van der Waals surface area (Å²) in [6, 6.07) is 10.1. The minimum absolute atomic E-state index is 0.248. The van der Waals surface area contributed by atoms with Crippen molar-refractivity contribution in [3.05, 3.63) is 63.7 Å². The summed E-state index contributed by atoms with van der Waals surface area (Å²) in [7, 11) is 1.79. The van der Waals surface area contributed by atoms with Crippen molar-refractivity contribution >= 4 is 41.4 Å². The van der Waals surface area contributed by atoms with E-state index in [1.165, 1.54) is 19.3 Å². The van der Waals surface area contributed by atoms with Gasteiger partial charge in [-0.05, 0) is 74.2 Å². The highest BCUT2D eigenvalue weighted by atomic mass is 35.5. The van der Waals surface area contributed by atoms with Crippen molar-refractivity contribution in [2.45, 2.75) is 90.8 Å². The van der Waals surface area contributed by atoms with Crippen molar-refractivity contribution in [2.24, 2.45) is 5.73 Å². The molecular formula is C32H46ClN5O4. The number of carbonyl (C=O) groups excluding carboxylic acids is 4. The number of aryl methyl sites for hydroxylation is 1. The van der Waals surface area contributed by atoms with Crippen molar-refractivity contribution in [1.29, 1.82) is 0 Å². The lowest BCUT2D eigenvalue weighted by Gasteiger charge is -2.30. The standard InChI is InChI=1S/C30H40ClN5O4.C2H6/c1-36(27-11-12-28(38)35-29(27)39)19-24-14-22(9-10-23(24)20-37)18-33-30(40)34-26-16-21(15-25(31)17-26)8-6-4-2-3-5-7-13-32;1-2/h9-10,14-17,20,27H,2-8,11-13,18-19,32H2,1H3,(H2,33,34,40)(H,35,38,39);1-2H3. The van der Waals surface area contributed by atoms with Gasteiger partial charge in [0.25, 0.3) is 0 Å². The SMILES string of the molecule is CC.CN(Cc1cc(CNC(=O)Nc2cc(Cl)cc(CCCCCCCCN)c2)ccc1C=O)C1CCC(=O)NC1=O. The lowest BCUT2D eigenvalue weighted by atomic mass is 10.0. The molecule has 5 N–H and O–H groups in total. The third-order valence-corrected chi connectivity index (χ3v) is 7.30. The molecule has 3 rings (SSSR count). The molecule has 0 aliphatic carbocycles. The molecule has 1 heterocycles. The van der Waals surface area contributed by atoms with Crippen LogP contribution in [0.25, 0.3) is 0 Å². The van der Waals surface area contributed by atoms with Gasteiger partial charge in [0.15, 0.2) is 0 Å². The van der Waals surface area contributed by atoms with E-state index in [0.717, 1.165) is 55.2 Å². The van der Waals surface area contributed by atoms with E-state index in [0.29, 0.717) is 29.2 Å². The van der Waals surface area contributed by atoms with Crippen molar-refractivity contribution in [1.82, 2.24) is 15.5 Å². The van der Waals surface area contributed by atoms with Crippen LogP contribution >= 0.6 is 11.6 Å². The fourth-order valence-corrected chi connectivity index (χ4v) is 5.17. The number of urea groups is 1. The first-order chi connectivity index (χ1) is 20.3. The number of nitrogens with one attached hydrogen (secondary N) is 3. The molecule has 1 fully saturated rings. The minimum Gasteiger partial charge on any atom is -0.334 e. The third kappa shape index (κ3) is 11.9. The number of benzene rings is 2. The summed E-state index contributed by atoms with van der Waals surface area (Å²) in [5.74, 6) is -0.600. The zero-order chi connectivity index (χ0) is 30.9. The Hall–Kier alpha value is -3.27. The lowest BCUT2D eigenvalue weighted by Crippen LogP contribution is -2.51. The van der Waals surface area contributed by atoms with Gasteiger partial charge >= 0.3 is 6.03 Å². The van der Waals surface area contributed by atoms with Gasteiger partial charge in [-0.15, -0.1) is 0 Å². The molecule has 0 saturated carbocycles. The summed E-state index contributed by atoms with van der Waals surface area (Å²) >= 11 is 6.31. The monoisotopic (exact) mass is 599 g/mol. The Labute approximate surface area is 254 Å². The number of amides is 4. The molecule has 0 radical (unpaired) electrons. The van der Waals surface area contributed by atoms with E-state index in [2.05, 4.69) is 16.0 Å². The normalized spacial score (nSPS) is 14.6. The van der Waals surface area contributed by atoms with Gasteiger partial charge < -0.3 is 16.4 Å². The number of piperidine rings is 1. The number of nitrogens with zero attached hydrogens (tertiary/aromatic N) is 1. The quantitative estimate of drug-likeness (QED) is 0.120. The second kappa shape index (κ2) is 19.0. The summed E-state index contributed by atoms with van der Waals surface area (Å²) in [4.78, 5) is 49.8. The van der Waals surface area contributed by atoms with Crippen molar-refractivity contribution in [3.63, 3.8) is 0 Å². The fourth-order valence-electron chi connectivity index (χ4n) is 4.91. The highest BCUT2D eigenvalue weighted by Gasteiger charge is 2.30. The Balaban J connectivity index is 0.00000301. The maximum absolute atomic E-state index is 12.6. The number of rotatable bonds is 15. The Morgan fingerprint density at radius 1 is 1.05 bits per heavy atom. The maximum Gasteiger partial charge on any atom is 0.319 e. The highest BCUT2D eigenvalue weighted by molar-refractivity contribution is 6.31. The lowest BCUT2D eigenvalue weighted by molar-refractivity contribution is -0.137. The van der Waals surface area contributed by atoms with Crippen LogP contribution in [0.5, 0.6) is 0 Å². The first-order valence-corrected chi connectivity index (χ1v) is 15.3. The van der Waals surface area contributed by atoms with Gasteiger partial charge in [0, 0.05) is 35.8 Å². The molecule has 10 heteroatoms. The average molecular weight is 600 g/mol. The van der Waals surface area contributed by atoms with Gasteiger partial charge in [-0.1, -0.05) is 69.3 Å². The number of halogens is 1. The van der Waals surface area contributed by atoms with E-state index >= 15 is 0 Å². The first-order valence-electron chi connectivity index (χ1n) is 14.9. The summed E-state index contributed by atoms with van der Waals surface area (Å²) in [6.07, 6.45) is 9.25. The van der Waals surface area contributed by atoms with Gasteiger partial charge in [0.2, 0.25) is 11.8 Å². The fraction of sp³-hybridized carbons (Fsp3) is 0.500. The zero-order valence-electron chi connectivity index (χ0n) is 25.1. The molecule has 4 amide bonds. The molecule has 9 nitrogen and oxygen atoms in total. The van der Waals surface area contributed by atoms with Crippen molar-refractivity contribution < 1.29 is 19.2 Å². The van der Waals surface area contributed by atoms with Crippen LogP contribution in [0.1, 0.15) is 92.3 Å². The average Bonchev–Trinajstić information content (AvgIpc) is 2.96. The number of unbranched alkanes of at least 4 members (excludes halogenated alkanes) is 5. The number of aldehydes is 1. The molecule has 1 aliphatic rings. The maximum atomic E-state index is 12.6. The zero-order valence-corrected chi connectivity index (χ0v) is 25.9. The van der Waals surface area contributed by atoms with Crippen LogP contribution in [0.4, 0.5) is 10.5 Å². The predicted molar refractivity (Wildman–Crippen MR) is 169 cm³/mol. The van der Waals surface area contributed by atoms with Crippen LogP contribution in [0.15, 0.2) is 36.4 Å². The second-order valence-electron chi connectivity index (χ2n) is 10.3. The molecule has 1 aliphatic heterocycles. The van der Waals surface area contributed by atoms with E-state index < -0.39 is 6.04 Å². The van der Waals surface area contributed by atoms with E-state index in [-0.39, 0.29) is 30.8 Å². The molecule has 0 aromatic heterocycles. The van der Waals surface area contributed by atoms with Gasteiger partial charge in [0.1, 0.15) is 6.29 Å². The van der Waals surface area contributed by atoms with Gasteiger partial charge in [-0.25, -0.2) is 4.79 Å². The van der Waals surface area contributed by atoms with E-state index in [1.54, 1.807) is 25.2 Å². The molecule has 0 spiro atoms. The molecule has 2 aromatic carbocycles. The number of likely N-dealkylation sites (N-methyl/N-ethyl adjacent to an activating group) is 1. The largest absolute Gasteiger partial charge is 0.334 e. The molecule has 42 heavy (non-hydrogen) atoms. The van der Waals surface area contributed by atoms with Crippen LogP contribution in [0.3, 0.4) is 0 Å². The number of imide groups is 1. The number of carbonyl (C=O) groups is 4. The summed E-state index contributed by atoms with van der Waals surface area (Å²) in [6.45, 7) is 5.35. The Morgan fingerprint density at radius 3 is 2.45 bits per heavy atom. The summed E-state index contributed by atoms with van der Waals surface area (Å²) < 4.78 is 0. The van der Waals surface area contributed by atoms with Gasteiger partial charge in [0.05, 0.1) is 6.04 Å². The Kier molecular flexibility index (Phi) is 15.8. The summed E-state index contributed by atoms with van der Waals surface area (Å²) in [5, 5.41) is 8.64. The predicted octanol–water partition coefficient (Wildman–Crippen LogP) is 5.58. The molecule has 2 aromatic rings. The summed E-state index contributed by atoms with van der Waals surface area (Å²) in [5.41, 5.74) is 9.31. The second-order valence-corrected chi connectivity index (χ2v) is 10.8. The number of hydrogen-bond acceptors (Lipinski definition) is 6. The van der Waals surface area contributed by atoms with E-state index in [1.807, 2.05) is 36.9 Å². The van der Waals surface area contributed by atoms with Crippen LogP contribution in [0, 0.1) is 0 Å². The van der Waals surface area contributed by atoms with Gasteiger partial charge in [-0.3, -0.25) is 24.6 Å². The minimum atomic E-state index is -0.450. The van der Waals surface area contributed by atoms with Crippen molar-refractivity contribution in [2.75, 3.05) is 18.9 Å². The number of hydrogen-bond donors (Lipinski definition) is 4. The topological polar surface area (TPSA) is 134 Å². The van der Waals surface area contributed by atoms with Crippen LogP contribution < -0.4 is 21.7 Å². The van der Waals surface area contributed by atoms with E-state index in [4.69, 9.17) is 17.3 Å². The smallest absolute Gasteiger partial charge is 0.319 e. The molecule has 0 bridgehead atoms. The molecule has 1 unspecified atom stereocenters. The third-order valence-electron chi connectivity index (χ3n) is 7.08. The van der Waals surface area contributed by atoms with Crippen LogP contribution in [-0.4, -0.2) is 48.7 Å². The van der Waals surface area contributed by atoms with E-state index in [9.17, 15) is 19.2 Å². The molecular weight excluding hydrogens is 554 g/mol. The first kappa shape index (κ1) is 34.9. The van der Waals surface area contributed by atoms with Gasteiger partial charge in [-0.2, -0.15) is 0 Å². The molecule has 1 saturated heterocycles. The van der Waals surface area contributed by atoms with Crippen molar-refractivity contribution in [3.8, 4) is 0 Å². The van der Waals surface area contributed by atoms with Crippen LogP contribution in [0.2, 0.25) is 5.02 Å². The van der Waals surface area contributed by atoms with Crippen LogP contribution in [-0.2, 0) is 29.1 Å². The molecule has 230 valence electrons. The Morgan fingerprint density at radius 2 is 1.76 bits per heavy atom. The Bertz CT molecular complexity index is 1190. The highest BCUT2D eigenvalue weighted by Crippen LogP contribution is 2.22. The number of nitrogens with two attached hydrogens (primary N) is 1.